The summed E-state index contributed by atoms with van der Waals surface area (Å²) < 4.78 is 0. The van der Waals surface area contributed by atoms with Crippen LogP contribution in [-0.4, -0.2) is 47.0 Å². The molecule has 3 heterocycles. The molecule has 0 bridgehead atoms. The molecule has 0 aliphatic carbocycles. The summed E-state index contributed by atoms with van der Waals surface area (Å²) in [5, 5.41) is 0.0259. The Morgan fingerprint density at radius 3 is 2.64 bits per heavy atom. The summed E-state index contributed by atoms with van der Waals surface area (Å²) in [4.78, 5) is 34.3. The van der Waals surface area contributed by atoms with E-state index in [-0.39, 0.29) is 10.9 Å². The average Bonchev–Trinajstić information content (AvgIpc) is 2.58. The van der Waals surface area contributed by atoms with Crippen LogP contribution in [0.15, 0.2) is 41.5 Å². The number of halogens is 1. The van der Waals surface area contributed by atoms with Gasteiger partial charge < -0.3 is 14.8 Å². The second-order valence-electron chi connectivity index (χ2n) is 5.03. The van der Waals surface area contributed by atoms with E-state index in [0.717, 1.165) is 18.9 Å². The number of anilines is 1. The fourth-order valence-corrected chi connectivity index (χ4v) is 2.61. The number of H-pyrrole nitrogens is 1. The van der Waals surface area contributed by atoms with Gasteiger partial charge in [-0.05, 0) is 18.2 Å². The zero-order chi connectivity index (χ0) is 15.5. The number of hydrogen-bond acceptors (Lipinski definition) is 4. The van der Waals surface area contributed by atoms with E-state index in [4.69, 9.17) is 11.6 Å². The highest BCUT2D eigenvalue weighted by Gasteiger charge is 2.23. The average molecular weight is 319 g/mol. The molecule has 0 spiro atoms. The Hall–Kier alpha value is -2.34. The maximum absolute atomic E-state index is 12.4. The lowest BCUT2D eigenvalue weighted by Gasteiger charge is -2.35. The summed E-state index contributed by atoms with van der Waals surface area (Å²) in [6.45, 7) is 2.65. The molecule has 2 aromatic rings. The maximum Gasteiger partial charge on any atom is 0.266 e. The first-order valence-electron chi connectivity index (χ1n) is 6.98. The Balaban J connectivity index is 1.67. The number of rotatable bonds is 2. The Morgan fingerprint density at radius 2 is 2.00 bits per heavy atom. The highest BCUT2D eigenvalue weighted by Crippen LogP contribution is 2.14. The van der Waals surface area contributed by atoms with Crippen LogP contribution in [0.4, 0.5) is 5.82 Å². The predicted octanol–water partition coefficient (Wildman–Crippen LogP) is 1.39. The van der Waals surface area contributed by atoms with E-state index in [1.807, 2.05) is 18.2 Å². The number of carbonyl (C=O) groups is 1. The number of hydrogen-bond donors (Lipinski definition) is 1. The van der Waals surface area contributed by atoms with E-state index >= 15 is 0 Å². The lowest BCUT2D eigenvalue weighted by atomic mass is 10.2. The largest absolute Gasteiger partial charge is 0.353 e. The first kappa shape index (κ1) is 14.6. The van der Waals surface area contributed by atoms with Gasteiger partial charge in [0, 0.05) is 38.6 Å². The smallest absolute Gasteiger partial charge is 0.266 e. The van der Waals surface area contributed by atoms with E-state index in [1.165, 1.54) is 12.3 Å². The summed E-state index contributed by atoms with van der Waals surface area (Å²) >= 11 is 5.77. The molecule has 114 valence electrons. The van der Waals surface area contributed by atoms with Crippen LogP contribution in [0.3, 0.4) is 0 Å². The molecular formula is C15H15ClN4O2. The Morgan fingerprint density at radius 1 is 1.23 bits per heavy atom. The Kier molecular flexibility index (Phi) is 4.11. The molecule has 1 aliphatic heterocycles. The molecule has 0 radical (unpaired) electrons. The van der Waals surface area contributed by atoms with Gasteiger partial charge in [-0.15, -0.1) is 0 Å². The van der Waals surface area contributed by atoms with Gasteiger partial charge in [0.2, 0.25) is 0 Å². The van der Waals surface area contributed by atoms with Crippen molar-refractivity contribution in [2.24, 2.45) is 0 Å². The summed E-state index contributed by atoms with van der Waals surface area (Å²) in [6.07, 6.45) is 3.16. The fourth-order valence-electron chi connectivity index (χ4n) is 2.44. The van der Waals surface area contributed by atoms with Crippen molar-refractivity contribution in [2.45, 2.75) is 0 Å². The molecule has 1 amide bonds. The monoisotopic (exact) mass is 318 g/mol. The molecule has 0 atom stereocenters. The molecule has 1 aliphatic rings. The van der Waals surface area contributed by atoms with Crippen LogP contribution in [-0.2, 0) is 0 Å². The Labute approximate surface area is 132 Å². The van der Waals surface area contributed by atoms with Gasteiger partial charge in [0.25, 0.3) is 11.5 Å². The number of aromatic amines is 1. The van der Waals surface area contributed by atoms with Crippen LogP contribution in [0, 0.1) is 0 Å². The minimum Gasteiger partial charge on any atom is -0.353 e. The lowest BCUT2D eigenvalue weighted by Crippen LogP contribution is -2.49. The summed E-state index contributed by atoms with van der Waals surface area (Å²) in [6, 6.07) is 7.19. The van der Waals surface area contributed by atoms with Crippen LogP contribution in [0.25, 0.3) is 0 Å². The van der Waals surface area contributed by atoms with E-state index in [2.05, 4.69) is 14.9 Å². The first-order valence-corrected chi connectivity index (χ1v) is 7.36. The number of amides is 1. The normalized spacial score (nSPS) is 15.0. The number of aromatic nitrogens is 2. The highest BCUT2D eigenvalue weighted by molar-refractivity contribution is 6.30. The van der Waals surface area contributed by atoms with Gasteiger partial charge >= 0.3 is 0 Å². The minimum absolute atomic E-state index is 0.0259. The summed E-state index contributed by atoms with van der Waals surface area (Å²) in [5.41, 5.74) is 0.00840. The molecule has 6 nitrogen and oxygen atoms in total. The zero-order valence-corrected chi connectivity index (χ0v) is 12.6. The van der Waals surface area contributed by atoms with Crippen molar-refractivity contribution in [3.05, 3.63) is 57.6 Å². The van der Waals surface area contributed by atoms with Gasteiger partial charge in [-0.3, -0.25) is 9.59 Å². The van der Waals surface area contributed by atoms with E-state index in [0.29, 0.717) is 18.7 Å². The van der Waals surface area contributed by atoms with Crippen LogP contribution in [0.5, 0.6) is 0 Å². The fraction of sp³-hybridized carbons (Fsp3) is 0.267. The second kappa shape index (κ2) is 6.19. The van der Waals surface area contributed by atoms with E-state index < -0.39 is 5.56 Å². The van der Waals surface area contributed by atoms with Crippen LogP contribution in [0.1, 0.15) is 10.4 Å². The predicted molar refractivity (Wildman–Crippen MR) is 84.4 cm³/mol. The number of nitrogens with one attached hydrogen (secondary N) is 1. The van der Waals surface area contributed by atoms with Crippen LogP contribution >= 0.6 is 11.6 Å². The molecular weight excluding hydrogens is 304 g/mol. The van der Waals surface area contributed by atoms with Crippen molar-refractivity contribution in [3.63, 3.8) is 0 Å². The first-order chi connectivity index (χ1) is 10.6. The topological polar surface area (TPSA) is 69.3 Å². The standard InChI is InChI=1S/C15H15ClN4O2/c16-12-9-11(10-18-14(12)21)15(22)20-7-5-19(6-8-20)13-3-1-2-4-17-13/h1-4,9-10H,5-8H2,(H,18,21). The van der Waals surface area contributed by atoms with Gasteiger partial charge in [-0.25, -0.2) is 4.98 Å². The summed E-state index contributed by atoms with van der Waals surface area (Å²) in [7, 11) is 0. The zero-order valence-electron chi connectivity index (χ0n) is 11.8. The van der Waals surface area contributed by atoms with Gasteiger partial charge in [0.15, 0.2) is 0 Å². The van der Waals surface area contributed by atoms with Crippen molar-refractivity contribution >= 4 is 23.3 Å². The molecule has 0 unspecified atom stereocenters. The van der Waals surface area contributed by atoms with Crippen molar-refractivity contribution in [1.82, 2.24) is 14.9 Å². The highest BCUT2D eigenvalue weighted by atomic mass is 35.5. The van der Waals surface area contributed by atoms with Gasteiger partial charge in [-0.1, -0.05) is 17.7 Å². The SMILES string of the molecule is O=C(c1c[nH]c(=O)c(Cl)c1)N1CCN(c2ccccn2)CC1. The number of nitrogens with zero attached hydrogens (tertiary/aromatic N) is 3. The lowest BCUT2D eigenvalue weighted by molar-refractivity contribution is 0.0746. The van der Waals surface area contributed by atoms with Gasteiger partial charge in [0.1, 0.15) is 10.8 Å². The van der Waals surface area contributed by atoms with Crippen LogP contribution in [0.2, 0.25) is 5.02 Å². The third kappa shape index (κ3) is 2.96. The number of pyridine rings is 2. The molecule has 0 saturated carbocycles. The molecule has 1 N–H and O–H groups in total. The maximum atomic E-state index is 12.4. The summed E-state index contributed by atoms with van der Waals surface area (Å²) in [5.74, 6) is 0.792. The van der Waals surface area contributed by atoms with Crippen molar-refractivity contribution < 1.29 is 4.79 Å². The molecule has 3 rings (SSSR count). The van der Waals surface area contributed by atoms with Crippen molar-refractivity contribution in [3.8, 4) is 0 Å². The van der Waals surface area contributed by atoms with Gasteiger partial charge in [0.05, 0.1) is 5.56 Å². The second-order valence-corrected chi connectivity index (χ2v) is 5.44. The van der Waals surface area contributed by atoms with Crippen molar-refractivity contribution in [1.29, 1.82) is 0 Å². The number of piperazine rings is 1. The third-order valence-corrected chi connectivity index (χ3v) is 3.93. The molecule has 7 heteroatoms. The molecule has 22 heavy (non-hydrogen) atoms. The van der Waals surface area contributed by atoms with E-state index in [1.54, 1.807) is 11.1 Å². The minimum atomic E-state index is -0.391. The molecule has 2 aromatic heterocycles. The van der Waals surface area contributed by atoms with Gasteiger partial charge in [-0.2, -0.15) is 0 Å². The Bertz CT molecular complexity index is 724. The molecule has 0 aromatic carbocycles. The van der Waals surface area contributed by atoms with Crippen LogP contribution < -0.4 is 10.5 Å². The quantitative estimate of drug-likeness (QED) is 0.908. The number of carbonyl (C=O) groups excluding carboxylic acids is 1. The third-order valence-electron chi connectivity index (χ3n) is 3.65. The van der Waals surface area contributed by atoms with E-state index in [9.17, 15) is 9.59 Å². The molecule has 1 saturated heterocycles. The van der Waals surface area contributed by atoms with Crippen molar-refractivity contribution in [2.75, 3.05) is 31.1 Å². The molecule has 1 fully saturated rings.